The fourth-order valence-corrected chi connectivity index (χ4v) is 2.97. The van der Waals surface area contributed by atoms with Crippen molar-refractivity contribution >= 4 is 21.7 Å². The molecule has 0 aliphatic carbocycles. The minimum atomic E-state index is 0.656. The van der Waals surface area contributed by atoms with Gasteiger partial charge < -0.3 is 4.90 Å². The molecule has 2 heterocycles. The number of piperazine rings is 1. The Hall–Kier alpha value is -1.90. The third-order valence-corrected chi connectivity index (χ3v) is 4.43. The molecule has 0 bridgehead atoms. The number of halogens is 1. The van der Waals surface area contributed by atoms with E-state index in [0.29, 0.717) is 5.56 Å². The SMILES string of the molecule is N#Cc1cccnc1N1CCN(Cc2ccc(Br)cc2)CC1. The summed E-state index contributed by atoms with van der Waals surface area (Å²) in [5, 5.41) is 9.19. The van der Waals surface area contributed by atoms with E-state index in [4.69, 9.17) is 0 Å². The van der Waals surface area contributed by atoms with Crippen molar-refractivity contribution in [2.24, 2.45) is 0 Å². The lowest BCUT2D eigenvalue weighted by molar-refractivity contribution is 0.249. The summed E-state index contributed by atoms with van der Waals surface area (Å²) in [7, 11) is 0. The van der Waals surface area contributed by atoms with Gasteiger partial charge in [0, 0.05) is 43.4 Å². The van der Waals surface area contributed by atoms with Crippen molar-refractivity contribution in [2.45, 2.75) is 6.54 Å². The average Bonchev–Trinajstić information content (AvgIpc) is 2.58. The van der Waals surface area contributed by atoms with Gasteiger partial charge in [-0.3, -0.25) is 4.90 Å². The monoisotopic (exact) mass is 356 g/mol. The minimum absolute atomic E-state index is 0.656. The first-order valence-corrected chi connectivity index (χ1v) is 8.12. The van der Waals surface area contributed by atoms with Gasteiger partial charge in [-0.25, -0.2) is 4.98 Å². The third-order valence-electron chi connectivity index (χ3n) is 3.90. The number of pyridine rings is 1. The molecule has 112 valence electrons. The molecule has 0 atom stereocenters. The van der Waals surface area contributed by atoms with E-state index in [0.717, 1.165) is 43.0 Å². The fraction of sp³-hybridized carbons (Fsp3) is 0.294. The summed E-state index contributed by atoms with van der Waals surface area (Å²) in [6, 6.07) is 14.3. The minimum Gasteiger partial charge on any atom is -0.353 e. The van der Waals surface area contributed by atoms with Crippen LogP contribution < -0.4 is 4.90 Å². The molecule has 0 saturated carbocycles. The van der Waals surface area contributed by atoms with Crippen LogP contribution in [0.3, 0.4) is 0 Å². The van der Waals surface area contributed by atoms with E-state index in [1.807, 2.05) is 12.1 Å². The molecule has 2 aromatic rings. The Balaban J connectivity index is 1.61. The van der Waals surface area contributed by atoms with E-state index in [2.05, 4.69) is 61.0 Å². The van der Waals surface area contributed by atoms with Crippen LogP contribution in [-0.4, -0.2) is 36.1 Å². The van der Waals surface area contributed by atoms with Gasteiger partial charge in [0.2, 0.25) is 0 Å². The summed E-state index contributed by atoms with van der Waals surface area (Å²) in [4.78, 5) is 9.02. The van der Waals surface area contributed by atoms with E-state index in [9.17, 15) is 5.26 Å². The smallest absolute Gasteiger partial charge is 0.146 e. The second-order valence-corrected chi connectivity index (χ2v) is 6.29. The zero-order chi connectivity index (χ0) is 15.4. The molecule has 0 unspecified atom stereocenters. The van der Waals surface area contributed by atoms with Gasteiger partial charge in [-0.15, -0.1) is 0 Å². The highest BCUT2D eigenvalue weighted by molar-refractivity contribution is 9.10. The van der Waals surface area contributed by atoms with Crippen LogP contribution in [0.5, 0.6) is 0 Å². The predicted octanol–water partition coefficient (Wildman–Crippen LogP) is 3.04. The van der Waals surface area contributed by atoms with Gasteiger partial charge in [-0.2, -0.15) is 5.26 Å². The van der Waals surface area contributed by atoms with Crippen LogP contribution in [0.15, 0.2) is 47.1 Å². The molecule has 0 radical (unpaired) electrons. The summed E-state index contributed by atoms with van der Waals surface area (Å²) in [5.41, 5.74) is 1.98. The molecule has 1 aliphatic heterocycles. The number of nitriles is 1. The van der Waals surface area contributed by atoms with Gasteiger partial charge in [0.25, 0.3) is 0 Å². The maximum absolute atomic E-state index is 9.19. The highest BCUT2D eigenvalue weighted by Gasteiger charge is 2.20. The van der Waals surface area contributed by atoms with Crippen molar-refractivity contribution in [3.8, 4) is 6.07 Å². The van der Waals surface area contributed by atoms with Gasteiger partial charge in [-0.05, 0) is 29.8 Å². The van der Waals surface area contributed by atoms with Crippen LogP contribution in [0.4, 0.5) is 5.82 Å². The maximum atomic E-state index is 9.19. The van der Waals surface area contributed by atoms with Crippen molar-refractivity contribution in [2.75, 3.05) is 31.1 Å². The molecule has 5 heteroatoms. The lowest BCUT2D eigenvalue weighted by atomic mass is 10.2. The molecule has 0 spiro atoms. The summed E-state index contributed by atoms with van der Waals surface area (Å²) < 4.78 is 1.11. The second-order valence-electron chi connectivity index (χ2n) is 5.38. The molecule has 22 heavy (non-hydrogen) atoms. The number of anilines is 1. The average molecular weight is 357 g/mol. The summed E-state index contributed by atoms with van der Waals surface area (Å²) in [5.74, 6) is 0.813. The van der Waals surface area contributed by atoms with Crippen LogP contribution in [0, 0.1) is 11.3 Å². The Morgan fingerprint density at radius 3 is 2.50 bits per heavy atom. The van der Waals surface area contributed by atoms with Crippen molar-refractivity contribution in [3.05, 3.63) is 58.2 Å². The lowest BCUT2D eigenvalue weighted by Crippen LogP contribution is -2.46. The highest BCUT2D eigenvalue weighted by atomic mass is 79.9. The first-order valence-electron chi connectivity index (χ1n) is 7.33. The quantitative estimate of drug-likeness (QED) is 0.847. The van der Waals surface area contributed by atoms with Crippen LogP contribution >= 0.6 is 15.9 Å². The Bertz CT molecular complexity index is 670. The van der Waals surface area contributed by atoms with Crippen molar-refractivity contribution in [1.82, 2.24) is 9.88 Å². The third kappa shape index (κ3) is 3.46. The van der Waals surface area contributed by atoms with Crippen molar-refractivity contribution < 1.29 is 0 Å². The Morgan fingerprint density at radius 2 is 1.82 bits per heavy atom. The molecular formula is C17H17BrN4. The molecule has 3 rings (SSSR count). The molecule has 1 fully saturated rings. The molecule has 0 N–H and O–H groups in total. The predicted molar refractivity (Wildman–Crippen MR) is 90.6 cm³/mol. The highest BCUT2D eigenvalue weighted by Crippen LogP contribution is 2.19. The molecule has 1 aliphatic rings. The normalized spacial score (nSPS) is 15.5. The number of rotatable bonds is 3. The first kappa shape index (κ1) is 15.0. The van der Waals surface area contributed by atoms with E-state index >= 15 is 0 Å². The molecule has 1 saturated heterocycles. The zero-order valence-electron chi connectivity index (χ0n) is 12.2. The van der Waals surface area contributed by atoms with Crippen LogP contribution in [0.25, 0.3) is 0 Å². The number of nitrogens with zero attached hydrogens (tertiary/aromatic N) is 4. The number of hydrogen-bond donors (Lipinski definition) is 0. The molecule has 4 nitrogen and oxygen atoms in total. The van der Waals surface area contributed by atoms with Gasteiger partial charge >= 0.3 is 0 Å². The summed E-state index contributed by atoms with van der Waals surface area (Å²) in [6.45, 7) is 4.74. The second kappa shape index (κ2) is 6.91. The maximum Gasteiger partial charge on any atom is 0.146 e. The van der Waals surface area contributed by atoms with Crippen molar-refractivity contribution in [3.63, 3.8) is 0 Å². The van der Waals surface area contributed by atoms with E-state index in [1.54, 1.807) is 6.20 Å². The van der Waals surface area contributed by atoms with Gasteiger partial charge in [0.05, 0.1) is 5.56 Å². The van der Waals surface area contributed by atoms with Gasteiger partial charge in [-0.1, -0.05) is 28.1 Å². The standard InChI is InChI=1S/C17H17BrN4/c18-16-5-3-14(4-6-16)13-21-8-10-22(11-9-21)17-15(12-19)2-1-7-20-17/h1-7H,8-11,13H2. The molecular weight excluding hydrogens is 340 g/mol. The Kier molecular flexibility index (Phi) is 4.71. The summed E-state index contributed by atoms with van der Waals surface area (Å²) >= 11 is 3.46. The van der Waals surface area contributed by atoms with Gasteiger partial charge in [0.1, 0.15) is 11.9 Å². The van der Waals surface area contributed by atoms with Crippen molar-refractivity contribution in [1.29, 1.82) is 5.26 Å². The Morgan fingerprint density at radius 1 is 1.09 bits per heavy atom. The molecule has 1 aromatic heterocycles. The summed E-state index contributed by atoms with van der Waals surface area (Å²) in [6.07, 6.45) is 1.75. The number of aromatic nitrogens is 1. The number of benzene rings is 1. The first-order chi connectivity index (χ1) is 10.8. The molecule has 0 amide bonds. The lowest BCUT2D eigenvalue weighted by Gasteiger charge is -2.35. The topological polar surface area (TPSA) is 43.2 Å². The number of hydrogen-bond acceptors (Lipinski definition) is 4. The van der Waals surface area contributed by atoms with E-state index in [1.165, 1.54) is 5.56 Å². The van der Waals surface area contributed by atoms with E-state index < -0.39 is 0 Å². The van der Waals surface area contributed by atoms with Crippen LogP contribution in [0.1, 0.15) is 11.1 Å². The van der Waals surface area contributed by atoms with Crippen LogP contribution in [-0.2, 0) is 6.54 Å². The zero-order valence-corrected chi connectivity index (χ0v) is 13.8. The van der Waals surface area contributed by atoms with E-state index in [-0.39, 0.29) is 0 Å². The largest absolute Gasteiger partial charge is 0.353 e. The fourth-order valence-electron chi connectivity index (χ4n) is 2.70. The molecule has 1 aromatic carbocycles. The Labute approximate surface area is 139 Å². The van der Waals surface area contributed by atoms with Crippen LogP contribution in [0.2, 0.25) is 0 Å². The van der Waals surface area contributed by atoms with Gasteiger partial charge in [0.15, 0.2) is 0 Å².